The molecule has 0 atom stereocenters. The van der Waals surface area contributed by atoms with Crippen molar-refractivity contribution in [3.8, 4) is 0 Å². The molecular formula is C17H13F3N2O4S. The molecule has 0 heterocycles. The van der Waals surface area contributed by atoms with E-state index in [-0.39, 0.29) is 27.9 Å². The minimum atomic E-state index is -2.73. The van der Waals surface area contributed by atoms with Crippen molar-refractivity contribution in [2.24, 2.45) is 0 Å². The van der Waals surface area contributed by atoms with Crippen LogP contribution >= 0.6 is 11.8 Å². The summed E-state index contributed by atoms with van der Waals surface area (Å²) in [5.41, 5.74) is -0.274. The van der Waals surface area contributed by atoms with E-state index in [1.807, 2.05) is 5.32 Å². The van der Waals surface area contributed by atoms with E-state index in [2.05, 4.69) is 5.32 Å². The molecule has 0 saturated heterocycles. The second kappa shape index (κ2) is 9.62. The number of esters is 1. The topological polar surface area (TPSA) is 84.5 Å². The van der Waals surface area contributed by atoms with Crippen LogP contribution in [0.15, 0.2) is 53.4 Å². The van der Waals surface area contributed by atoms with E-state index in [4.69, 9.17) is 4.74 Å². The standard InChI is InChI=1S/C17H13F3N2O4S/c18-11-6-2-3-7-12(11)21-17(25)22-14(23)9-26-15(24)10-5-1-4-8-13(10)27-16(19)20/h1-8,16H,9H2,(H2,21,22,23,25). The first-order chi connectivity index (χ1) is 12.9. The molecule has 0 bridgehead atoms. The van der Waals surface area contributed by atoms with Gasteiger partial charge in [0.2, 0.25) is 0 Å². The summed E-state index contributed by atoms with van der Waals surface area (Å²) < 4.78 is 43.1. The summed E-state index contributed by atoms with van der Waals surface area (Å²) in [6, 6.07) is 9.81. The molecule has 0 aliphatic heterocycles. The van der Waals surface area contributed by atoms with Gasteiger partial charge in [0.15, 0.2) is 6.61 Å². The van der Waals surface area contributed by atoms with Crippen LogP contribution in [-0.2, 0) is 9.53 Å². The highest BCUT2D eigenvalue weighted by atomic mass is 32.2. The molecule has 0 fully saturated rings. The minimum Gasteiger partial charge on any atom is -0.452 e. The maximum Gasteiger partial charge on any atom is 0.339 e. The van der Waals surface area contributed by atoms with Gasteiger partial charge in [0.1, 0.15) is 5.82 Å². The summed E-state index contributed by atoms with van der Waals surface area (Å²) in [6.45, 7) is -0.822. The number of alkyl halides is 2. The molecule has 0 radical (unpaired) electrons. The van der Waals surface area contributed by atoms with Crippen LogP contribution in [0, 0.1) is 5.82 Å². The minimum absolute atomic E-state index is 0.00444. The van der Waals surface area contributed by atoms with E-state index in [1.54, 1.807) is 0 Å². The van der Waals surface area contributed by atoms with Gasteiger partial charge in [-0.25, -0.2) is 14.0 Å². The van der Waals surface area contributed by atoms with Crippen molar-refractivity contribution in [1.82, 2.24) is 5.32 Å². The van der Waals surface area contributed by atoms with Crippen molar-refractivity contribution >= 4 is 35.4 Å². The van der Waals surface area contributed by atoms with E-state index in [0.717, 1.165) is 6.07 Å². The third-order valence-corrected chi connectivity index (χ3v) is 3.82. The number of carbonyl (C=O) groups is 3. The number of carbonyl (C=O) groups excluding carboxylic acids is 3. The fraction of sp³-hybridized carbons (Fsp3) is 0.118. The Bertz CT molecular complexity index is 848. The molecule has 2 aromatic carbocycles. The Morgan fingerprint density at radius 2 is 1.70 bits per heavy atom. The average Bonchev–Trinajstić information content (AvgIpc) is 2.61. The number of urea groups is 1. The summed E-state index contributed by atoms with van der Waals surface area (Å²) >= 11 is 0.167. The fourth-order valence-corrected chi connectivity index (χ4v) is 2.55. The van der Waals surface area contributed by atoms with Gasteiger partial charge in [-0.15, -0.1) is 0 Å². The van der Waals surface area contributed by atoms with Crippen LogP contribution < -0.4 is 10.6 Å². The molecule has 142 valence electrons. The molecule has 27 heavy (non-hydrogen) atoms. The van der Waals surface area contributed by atoms with Gasteiger partial charge < -0.3 is 10.1 Å². The molecule has 0 saturated carbocycles. The molecule has 0 unspecified atom stereocenters. The zero-order valence-electron chi connectivity index (χ0n) is 13.6. The molecule has 2 aromatic rings. The highest BCUT2D eigenvalue weighted by Gasteiger charge is 2.18. The van der Waals surface area contributed by atoms with Gasteiger partial charge in [-0.3, -0.25) is 10.1 Å². The van der Waals surface area contributed by atoms with Gasteiger partial charge in [0.05, 0.1) is 11.3 Å². The van der Waals surface area contributed by atoms with Crippen molar-refractivity contribution < 1.29 is 32.3 Å². The number of ether oxygens (including phenoxy) is 1. The number of thioether (sulfide) groups is 1. The predicted octanol–water partition coefficient (Wildman–Crippen LogP) is 3.65. The molecule has 0 aromatic heterocycles. The number of benzene rings is 2. The quantitative estimate of drug-likeness (QED) is 0.573. The van der Waals surface area contributed by atoms with Gasteiger partial charge in [-0.2, -0.15) is 8.78 Å². The van der Waals surface area contributed by atoms with E-state index < -0.39 is 36.1 Å². The van der Waals surface area contributed by atoms with Crippen molar-refractivity contribution in [3.63, 3.8) is 0 Å². The van der Waals surface area contributed by atoms with Gasteiger partial charge in [0, 0.05) is 4.90 Å². The third-order valence-electron chi connectivity index (χ3n) is 3.03. The molecule has 2 N–H and O–H groups in total. The Labute approximate surface area is 156 Å². The fourth-order valence-electron chi connectivity index (χ4n) is 1.92. The van der Waals surface area contributed by atoms with Crippen LogP contribution in [0.1, 0.15) is 10.4 Å². The summed E-state index contributed by atoms with van der Waals surface area (Å²) in [7, 11) is 0. The summed E-state index contributed by atoms with van der Waals surface area (Å²) in [6.07, 6.45) is 0. The van der Waals surface area contributed by atoms with Gasteiger partial charge in [-0.05, 0) is 24.3 Å². The SMILES string of the molecule is O=C(COC(=O)c1ccccc1SC(F)F)NC(=O)Nc1ccccc1F. The van der Waals surface area contributed by atoms with Crippen LogP contribution in [0.3, 0.4) is 0 Å². The molecular weight excluding hydrogens is 385 g/mol. The predicted molar refractivity (Wildman–Crippen MR) is 92.1 cm³/mol. The number of hydrogen-bond donors (Lipinski definition) is 2. The maximum absolute atomic E-state index is 13.4. The summed E-state index contributed by atoms with van der Waals surface area (Å²) in [4.78, 5) is 35.2. The maximum atomic E-state index is 13.4. The first-order valence-electron chi connectivity index (χ1n) is 7.43. The normalized spacial score (nSPS) is 10.4. The Morgan fingerprint density at radius 1 is 1.04 bits per heavy atom. The lowest BCUT2D eigenvalue weighted by atomic mass is 10.2. The van der Waals surface area contributed by atoms with Crippen LogP contribution in [0.4, 0.5) is 23.7 Å². The van der Waals surface area contributed by atoms with Crippen molar-refractivity contribution in [3.05, 3.63) is 59.9 Å². The van der Waals surface area contributed by atoms with E-state index >= 15 is 0 Å². The molecule has 10 heteroatoms. The molecule has 6 nitrogen and oxygen atoms in total. The van der Waals surface area contributed by atoms with E-state index in [0.29, 0.717) is 0 Å². The van der Waals surface area contributed by atoms with Gasteiger partial charge in [0.25, 0.3) is 11.7 Å². The third kappa shape index (κ3) is 6.33. The van der Waals surface area contributed by atoms with Crippen molar-refractivity contribution in [2.75, 3.05) is 11.9 Å². The molecule has 0 spiro atoms. The first-order valence-corrected chi connectivity index (χ1v) is 8.31. The Hall–Kier alpha value is -3.01. The van der Waals surface area contributed by atoms with E-state index in [9.17, 15) is 27.6 Å². The van der Waals surface area contributed by atoms with Crippen molar-refractivity contribution in [1.29, 1.82) is 0 Å². The number of halogens is 3. The first kappa shape index (κ1) is 20.3. The smallest absolute Gasteiger partial charge is 0.339 e. The number of hydrogen-bond acceptors (Lipinski definition) is 5. The van der Waals surface area contributed by atoms with Crippen molar-refractivity contribution in [2.45, 2.75) is 10.7 Å². The van der Waals surface area contributed by atoms with Gasteiger partial charge >= 0.3 is 12.0 Å². The van der Waals surface area contributed by atoms with Crippen LogP contribution in [0.5, 0.6) is 0 Å². The number of anilines is 1. The lowest BCUT2D eigenvalue weighted by Gasteiger charge is -2.10. The Kier molecular flexibility index (Phi) is 7.24. The molecule has 2 rings (SSSR count). The highest BCUT2D eigenvalue weighted by Crippen LogP contribution is 2.28. The lowest BCUT2D eigenvalue weighted by molar-refractivity contribution is -0.123. The number of amides is 3. The Morgan fingerprint density at radius 3 is 2.41 bits per heavy atom. The number of para-hydroxylation sites is 1. The molecule has 0 aliphatic rings. The zero-order chi connectivity index (χ0) is 19.8. The second-order valence-corrected chi connectivity index (χ2v) is 5.96. The summed E-state index contributed by atoms with van der Waals surface area (Å²) in [5.74, 6) is -5.40. The average molecular weight is 398 g/mol. The molecule has 0 aliphatic carbocycles. The number of rotatable bonds is 6. The van der Waals surface area contributed by atoms with Crippen LogP contribution in [0.25, 0.3) is 0 Å². The second-order valence-electron chi connectivity index (χ2n) is 4.93. The summed E-state index contributed by atoms with van der Waals surface area (Å²) in [5, 5.41) is 3.97. The van der Waals surface area contributed by atoms with E-state index in [1.165, 1.54) is 42.5 Å². The zero-order valence-corrected chi connectivity index (χ0v) is 14.4. The lowest BCUT2D eigenvalue weighted by Crippen LogP contribution is -2.37. The molecule has 3 amide bonds. The van der Waals surface area contributed by atoms with Crippen LogP contribution in [-0.4, -0.2) is 30.3 Å². The van der Waals surface area contributed by atoms with Crippen LogP contribution in [0.2, 0.25) is 0 Å². The highest BCUT2D eigenvalue weighted by molar-refractivity contribution is 7.99. The number of nitrogens with one attached hydrogen (secondary N) is 2. The monoisotopic (exact) mass is 398 g/mol. The Balaban J connectivity index is 1.87. The van der Waals surface area contributed by atoms with Gasteiger partial charge in [-0.1, -0.05) is 36.0 Å². The largest absolute Gasteiger partial charge is 0.452 e. The number of imide groups is 1.